The maximum atomic E-state index is 13.3. The van der Waals surface area contributed by atoms with Crippen LogP contribution in [-0.2, 0) is 22.7 Å². The van der Waals surface area contributed by atoms with E-state index in [1.807, 2.05) is 69.3 Å². The molecule has 0 aliphatic carbocycles. The van der Waals surface area contributed by atoms with E-state index in [9.17, 15) is 9.90 Å². The van der Waals surface area contributed by atoms with Gasteiger partial charge in [-0.1, -0.05) is 35.5 Å². The number of amides is 1. The monoisotopic (exact) mass is 420 g/mol. The fourth-order valence-electron chi connectivity index (χ4n) is 3.71. The lowest BCUT2D eigenvalue weighted by Gasteiger charge is -2.18. The smallest absolute Gasteiger partial charge is 0.281 e. The number of benzene rings is 2. The summed E-state index contributed by atoms with van der Waals surface area (Å²) in [4.78, 5) is 25.4. The van der Waals surface area contributed by atoms with E-state index in [4.69, 9.17) is 9.82 Å². The summed E-state index contributed by atoms with van der Waals surface area (Å²) in [5, 5.41) is 13.4. The number of hydrogen-bond donors (Lipinski definition) is 1. The summed E-state index contributed by atoms with van der Waals surface area (Å²) in [5.41, 5.74) is 3.31. The van der Waals surface area contributed by atoms with E-state index in [2.05, 4.69) is 9.72 Å². The molecule has 1 aliphatic rings. The molecule has 0 saturated carbocycles. The number of nitrogens with zero attached hydrogens (tertiary/aromatic N) is 4. The lowest BCUT2D eigenvalue weighted by molar-refractivity contribution is -0.112. The number of carbonyl (C=O) groups excluding carboxylic acids is 1. The molecule has 31 heavy (non-hydrogen) atoms. The van der Waals surface area contributed by atoms with Gasteiger partial charge in [0.2, 0.25) is 0 Å². The van der Waals surface area contributed by atoms with Crippen LogP contribution in [0, 0.1) is 0 Å². The van der Waals surface area contributed by atoms with Gasteiger partial charge in [0.05, 0.1) is 23.3 Å². The van der Waals surface area contributed by atoms with Crippen molar-refractivity contribution in [1.82, 2.24) is 9.55 Å². The van der Waals surface area contributed by atoms with E-state index < -0.39 is 5.60 Å². The number of imidazole rings is 1. The number of aryl methyl sites for hydroxylation is 1. The summed E-state index contributed by atoms with van der Waals surface area (Å²) in [6, 6.07) is 15.6. The van der Waals surface area contributed by atoms with Gasteiger partial charge in [0.25, 0.3) is 5.91 Å². The Hall–Kier alpha value is -3.19. The number of carbonyl (C=O) groups is 1. The second-order valence-electron chi connectivity index (χ2n) is 8.65. The zero-order valence-electron chi connectivity index (χ0n) is 18.2. The molecule has 4 rings (SSSR count). The van der Waals surface area contributed by atoms with Crippen LogP contribution in [-0.4, -0.2) is 38.5 Å². The van der Waals surface area contributed by atoms with E-state index in [1.165, 1.54) is 0 Å². The highest BCUT2D eigenvalue weighted by molar-refractivity contribution is 6.54. The average Bonchev–Trinajstić information content (AvgIpc) is 3.22. The Bertz CT molecular complexity index is 1130. The van der Waals surface area contributed by atoms with Crippen molar-refractivity contribution in [2.75, 3.05) is 11.5 Å². The van der Waals surface area contributed by atoms with Crippen molar-refractivity contribution < 1.29 is 14.7 Å². The predicted molar refractivity (Wildman–Crippen MR) is 121 cm³/mol. The minimum absolute atomic E-state index is 0.160. The third-order valence-corrected chi connectivity index (χ3v) is 5.13. The van der Waals surface area contributed by atoms with Gasteiger partial charge in [-0.05, 0) is 51.8 Å². The van der Waals surface area contributed by atoms with E-state index in [0.29, 0.717) is 12.3 Å². The highest BCUT2D eigenvalue weighted by Gasteiger charge is 2.35. The Morgan fingerprint density at radius 1 is 1.06 bits per heavy atom. The first kappa shape index (κ1) is 21.1. The van der Waals surface area contributed by atoms with Gasteiger partial charge in [-0.3, -0.25) is 9.69 Å². The van der Waals surface area contributed by atoms with Gasteiger partial charge in [-0.2, -0.15) is 0 Å². The molecule has 7 nitrogen and oxygen atoms in total. The summed E-state index contributed by atoms with van der Waals surface area (Å²) in [5.74, 6) is 0.611. The number of aromatic nitrogens is 2. The molecular weight excluding hydrogens is 392 g/mol. The van der Waals surface area contributed by atoms with Crippen LogP contribution in [0.15, 0.2) is 53.7 Å². The Kier molecular flexibility index (Phi) is 5.78. The lowest BCUT2D eigenvalue weighted by atomic mass is 10.1. The van der Waals surface area contributed by atoms with Crippen LogP contribution in [0.1, 0.15) is 45.0 Å². The highest BCUT2D eigenvalue weighted by atomic mass is 16.6. The third kappa shape index (κ3) is 4.32. The number of oxime groups is 1. The molecule has 162 valence electrons. The normalized spacial score (nSPS) is 15.2. The molecule has 0 unspecified atom stereocenters. The van der Waals surface area contributed by atoms with Crippen LogP contribution in [0.25, 0.3) is 11.0 Å². The number of para-hydroxylation sites is 3. The van der Waals surface area contributed by atoms with Crippen molar-refractivity contribution in [3.63, 3.8) is 0 Å². The summed E-state index contributed by atoms with van der Waals surface area (Å²) < 4.78 is 2.14. The molecule has 2 aromatic carbocycles. The first-order valence-electron chi connectivity index (χ1n) is 10.6. The molecule has 0 spiro atoms. The fourth-order valence-corrected chi connectivity index (χ4v) is 3.71. The Morgan fingerprint density at radius 3 is 2.58 bits per heavy atom. The second-order valence-corrected chi connectivity index (χ2v) is 8.65. The molecule has 1 aromatic heterocycles. The average molecular weight is 421 g/mol. The lowest BCUT2D eigenvalue weighted by Crippen LogP contribution is -2.31. The SMILES string of the molecule is CC(C)(C)O/N=C1/C(=O)N(Cc2nc3ccccc3n2CCCCO)c2ccccc21. The zero-order chi connectivity index (χ0) is 22.0. The van der Waals surface area contributed by atoms with Gasteiger partial charge < -0.3 is 14.5 Å². The Morgan fingerprint density at radius 2 is 1.81 bits per heavy atom. The first-order chi connectivity index (χ1) is 14.9. The maximum Gasteiger partial charge on any atom is 0.281 e. The first-order valence-corrected chi connectivity index (χ1v) is 10.6. The van der Waals surface area contributed by atoms with Crippen molar-refractivity contribution in [2.45, 2.75) is 52.3 Å². The molecular formula is C24H28N4O3. The van der Waals surface area contributed by atoms with Crippen molar-refractivity contribution in [3.05, 3.63) is 59.9 Å². The van der Waals surface area contributed by atoms with Gasteiger partial charge in [-0.25, -0.2) is 4.98 Å². The van der Waals surface area contributed by atoms with Gasteiger partial charge in [0.15, 0.2) is 5.71 Å². The van der Waals surface area contributed by atoms with Crippen molar-refractivity contribution in [3.8, 4) is 0 Å². The second kappa shape index (κ2) is 8.51. The van der Waals surface area contributed by atoms with E-state index in [1.54, 1.807) is 4.90 Å². The van der Waals surface area contributed by atoms with Crippen LogP contribution < -0.4 is 4.90 Å². The summed E-state index contributed by atoms with van der Waals surface area (Å²) in [6.45, 7) is 6.92. The molecule has 3 aromatic rings. The molecule has 0 saturated heterocycles. The number of aliphatic hydroxyl groups excluding tert-OH is 1. The number of fused-ring (bicyclic) bond motifs is 2. The number of hydrogen-bond acceptors (Lipinski definition) is 5. The number of rotatable bonds is 7. The third-order valence-electron chi connectivity index (χ3n) is 5.13. The van der Waals surface area contributed by atoms with Gasteiger partial charge in [-0.15, -0.1) is 0 Å². The Balaban J connectivity index is 1.70. The number of anilines is 1. The molecule has 1 N–H and O–H groups in total. The zero-order valence-corrected chi connectivity index (χ0v) is 18.2. The van der Waals surface area contributed by atoms with Crippen LogP contribution in [0.3, 0.4) is 0 Å². The van der Waals surface area contributed by atoms with Crippen LogP contribution in [0.5, 0.6) is 0 Å². The van der Waals surface area contributed by atoms with Crippen molar-refractivity contribution >= 4 is 28.3 Å². The topological polar surface area (TPSA) is 80.0 Å². The van der Waals surface area contributed by atoms with E-state index in [-0.39, 0.29) is 12.5 Å². The van der Waals surface area contributed by atoms with Crippen molar-refractivity contribution in [2.24, 2.45) is 5.16 Å². The van der Waals surface area contributed by atoms with Gasteiger partial charge in [0, 0.05) is 18.7 Å². The minimum atomic E-state index is -0.490. The van der Waals surface area contributed by atoms with Gasteiger partial charge >= 0.3 is 0 Å². The quantitative estimate of drug-likeness (QED) is 0.465. The van der Waals surface area contributed by atoms with Crippen molar-refractivity contribution in [1.29, 1.82) is 0 Å². The van der Waals surface area contributed by atoms with Gasteiger partial charge in [0.1, 0.15) is 11.4 Å². The van der Waals surface area contributed by atoms with E-state index >= 15 is 0 Å². The summed E-state index contributed by atoms with van der Waals surface area (Å²) in [7, 11) is 0. The molecule has 0 fully saturated rings. The molecule has 0 radical (unpaired) electrons. The molecule has 0 atom stereocenters. The maximum absolute atomic E-state index is 13.3. The number of aliphatic hydroxyl groups is 1. The summed E-state index contributed by atoms with van der Waals surface area (Å²) in [6.07, 6.45) is 1.55. The van der Waals surface area contributed by atoms with Crippen LogP contribution >= 0.6 is 0 Å². The fraction of sp³-hybridized carbons (Fsp3) is 0.375. The van der Waals surface area contributed by atoms with E-state index in [0.717, 1.165) is 47.5 Å². The molecule has 2 heterocycles. The molecule has 1 amide bonds. The largest absolute Gasteiger partial charge is 0.396 e. The molecule has 0 bridgehead atoms. The van der Waals surface area contributed by atoms with Crippen LogP contribution in [0.4, 0.5) is 5.69 Å². The van der Waals surface area contributed by atoms with Crippen LogP contribution in [0.2, 0.25) is 0 Å². The Labute approximate surface area is 181 Å². The highest BCUT2D eigenvalue weighted by Crippen LogP contribution is 2.31. The predicted octanol–water partition coefficient (Wildman–Crippen LogP) is 3.87. The molecule has 7 heteroatoms. The number of unbranched alkanes of at least 4 members (excludes halogenated alkanes) is 1. The molecule has 1 aliphatic heterocycles. The standard InChI is InChI=1S/C24H28N4O3/c1-24(2,3)31-26-22-17-10-4-6-12-19(17)28(23(22)30)16-21-25-18-11-5-7-13-20(18)27(21)14-8-9-15-29/h4-7,10-13,29H,8-9,14-16H2,1-3H3/b26-22+. The minimum Gasteiger partial charge on any atom is -0.396 e. The summed E-state index contributed by atoms with van der Waals surface area (Å²) >= 11 is 0.